The number of imide groups is 1. The van der Waals surface area contributed by atoms with E-state index in [1.165, 1.54) is 0 Å². The molecule has 1 aromatic rings. The highest BCUT2D eigenvalue weighted by molar-refractivity contribution is 6.00. The van der Waals surface area contributed by atoms with Crippen molar-refractivity contribution in [1.29, 1.82) is 0 Å². The minimum atomic E-state index is -0.289. The van der Waals surface area contributed by atoms with Crippen molar-refractivity contribution in [3.8, 4) is 5.88 Å². The lowest BCUT2D eigenvalue weighted by Crippen LogP contribution is -2.39. The van der Waals surface area contributed by atoms with E-state index in [0.717, 1.165) is 31.5 Å². The molecule has 2 fully saturated rings. The summed E-state index contributed by atoms with van der Waals surface area (Å²) in [6.07, 6.45) is 4.77. The van der Waals surface area contributed by atoms with Crippen LogP contribution >= 0.6 is 0 Å². The van der Waals surface area contributed by atoms with Crippen LogP contribution in [0, 0.1) is 0 Å². The van der Waals surface area contributed by atoms with Crippen molar-refractivity contribution in [2.75, 3.05) is 13.1 Å². The number of carbonyl (C=O) groups excluding carboxylic acids is 2. The second-order valence-corrected chi connectivity index (χ2v) is 5.50. The van der Waals surface area contributed by atoms with Crippen molar-refractivity contribution in [1.82, 2.24) is 15.6 Å². The van der Waals surface area contributed by atoms with Gasteiger partial charge in [-0.2, -0.15) is 0 Å². The molecule has 1 aromatic heterocycles. The van der Waals surface area contributed by atoms with Gasteiger partial charge in [0.1, 0.15) is 6.10 Å². The van der Waals surface area contributed by atoms with Gasteiger partial charge in [-0.15, -0.1) is 0 Å². The largest absolute Gasteiger partial charge is 0.474 e. The number of hydrogen-bond acceptors (Lipinski definition) is 5. The zero-order valence-electron chi connectivity index (χ0n) is 11.8. The van der Waals surface area contributed by atoms with Crippen LogP contribution in [-0.2, 0) is 9.59 Å². The van der Waals surface area contributed by atoms with Gasteiger partial charge < -0.3 is 10.1 Å². The van der Waals surface area contributed by atoms with E-state index < -0.39 is 0 Å². The van der Waals surface area contributed by atoms with Gasteiger partial charge in [0, 0.05) is 18.7 Å². The maximum atomic E-state index is 11.8. The molecule has 0 saturated carbocycles. The molecular weight excluding hydrogens is 270 g/mol. The first-order valence-electron chi connectivity index (χ1n) is 7.39. The molecule has 112 valence electrons. The summed E-state index contributed by atoms with van der Waals surface area (Å²) in [5.41, 5.74) is 0.831. The Labute approximate surface area is 123 Å². The standard InChI is InChI=1S/C15H19N3O3/c19-13-3-2-12(15(20)18-13)10-1-4-14(17-9-10)21-11-5-7-16-8-6-11/h1,4,9,11-12,16H,2-3,5-8H2,(H,18,19,20). The van der Waals surface area contributed by atoms with E-state index in [-0.39, 0.29) is 23.8 Å². The Morgan fingerprint density at radius 2 is 1.95 bits per heavy atom. The van der Waals surface area contributed by atoms with Crippen molar-refractivity contribution in [2.24, 2.45) is 0 Å². The Hall–Kier alpha value is -1.95. The minimum absolute atomic E-state index is 0.199. The smallest absolute Gasteiger partial charge is 0.234 e. The van der Waals surface area contributed by atoms with Crippen molar-refractivity contribution in [2.45, 2.75) is 37.7 Å². The van der Waals surface area contributed by atoms with Crippen LogP contribution in [0.2, 0.25) is 0 Å². The summed E-state index contributed by atoms with van der Waals surface area (Å²) in [5, 5.41) is 5.65. The van der Waals surface area contributed by atoms with Gasteiger partial charge in [0.2, 0.25) is 17.7 Å². The van der Waals surface area contributed by atoms with Crippen LogP contribution in [0.5, 0.6) is 5.88 Å². The Bertz CT molecular complexity index is 523. The molecule has 1 unspecified atom stereocenters. The number of aromatic nitrogens is 1. The topological polar surface area (TPSA) is 80.3 Å². The molecule has 3 heterocycles. The molecule has 0 aliphatic carbocycles. The highest BCUT2D eigenvalue weighted by Crippen LogP contribution is 2.25. The van der Waals surface area contributed by atoms with Gasteiger partial charge in [0.25, 0.3) is 0 Å². The molecule has 0 aromatic carbocycles. The average molecular weight is 289 g/mol. The summed E-state index contributed by atoms with van der Waals surface area (Å²) >= 11 is 0. The SMILES string of the molecule is O=C1CCC(c2ccc(OC3CCNCC3)nc2)C(=O)N1. The number of rotatable bonds is 3. The first-order valence-corrected chi connectivity index (χ1v) is 7.39. The monoisotopic (exact) mass is 289 g/mol. The number of carbonyl (C=O) groups is 2. The van der Waals surface area contributed by atoms with Crippen molar-refractivity contribution in [3.63, 3.8) is 0 Å². The molecule has 2 N–H and O–H groups in total. The van der Waals surface area contributed by atoms with E-state index in [1.807, 2.05) is 6.07 Å². The van der Waals surface area contributed by atoms with Gasteiger partial charge in [-0.05, 0) is 37.9 Å². The highest BCUT2D eigenvalue weighted by atomic mass is 16.5. The number of nitrogens with zero attached hydrogens (tertiary/aromatic N) is 1. The zero-order chi connectivity index (χ0) is 14.7. The Balaban J connectivity index is 1.63. The Morgan fingerprint density at radius 3 is 2.62 bits per heavy atom. The number of ether oxygens (including phenoxy) is 1. The zero-order valence-corrected chi connectivity index (χ0v) is 11.8. The first-order chi connectivity index (χ1) is 10.2. The normalized spacial score (nSPS) is 23.7. The van der Waals surface area contributed by atoms with Gasteiger partial charge in [-0.1, -0.05) is 6.07 Å². The van der Waals surface area contributed by atoms with E-state index in [4.69, 9.17) is 4.74 Å². The summed E-state index contributed by atoms with van der Waals surface area (Å²) in [6.45, 7) is 1.94. The van der Waals surface area contributed by atoms with E-state index in [9.17, 15) is 9.59 Å². The fourth-order valence-electron chi connectivity index (χ4n) is 2.76. The van der Waals surface area contributed by atoms with E-state index >= 15 is 0 Å². The molecule has 2 saturated heterocycles. The average Bonchev–Trinajstić information content (AvgIpc) is 2.49. The number of pyridine rings is 1. The second-order valence-electron chi connectivity index (χ2n) is 5.50. The fraction of sp³-hybridized carbons (Fsp3) is 0.533. The summed E-state index contributed by atoms with van der Waals surface area (Å²) in [6, 6.07) is 3.67. The molecule has 2 amide bonds. The third-order valence-corrected chi connectivity index (χ3v) is 3.97. The van der Waals surface area contributed by atoms with Gasteiger partial charge >= 0.3 is 0 Å². The third kappa shape index (κ3) is 3.39. The summed E-state index contributed by atoms with van der Waals surface area (Å²) in [4.78, 5) is 27.3. The van der Waals surface area contributed by atoms with E-state index in [0.29, 0.717) is 18.7 Å². The summed E-state index contributed by atoms with van der Waals surface area (Å²) < 4.78 is 5.84. The molecule has 2 aliphatic rings. The lowest BCUT2D eigenvalue weighted by atomic mass is 9.92. The molecule has 6 nitrogen and oxygen atoms in total. The lowest BCUT2D eigenvalue weighted by Gasteiger charge is -2.24. The van der Waals surface area contributed by atoms with E-state index in [2.05, 4.69) is 15.6 Å². The molecule has 0 bridgehead atoms. The van der Waals surface area contributed by atoms with Crippen molar-refractivity contribution in [3.05, 3.63) is 23.9 Å². The van der Waals surface area contributed by atoms with Gasteiger partial charge in [0.15, 0.2) is 0 Å². The van der Waals surface area contributed by atoms with Crippen LogP contribution in [0.15, 0.2) is 18.3 Å². The Kier molecular flexibility index (Phi) is 4.15. The first kappa shape index (κ1) is 14.0. The fourth-order valence-corrected chi connectivity index (χ4v) is 2.76. The Morgan fingerprint density at radius 1 is 1.14 bits per heavy atom. The van der Waals surface area contributed by atoms with Crippen LogP contribution in [0.1, 0.15) is 37.2 Å². The lowest BCUT2D eigenvalue weighted by molar-refractivity contribution is -0.134. The number of nitrogens with one attached hydrogen (secondary N) is 2. The van der Waals surface area contributed by atoms with Gasteiger partial charge in [0.05, 0.1) is 5.92 Å². The second kappa shape index (κ2) is 6.22. The van der Waals surface area contributed by atoms with E-state index in [1.54, 1.807) is 12.3 Å². The quantitative estimate of drug-likeness (QED) is 0.802. The minimum Gasteiger partial charge on any atom is -0.474 e. The molecule has 2 aliphatic heterocycles. The van der Waals surface area contributed by atoms with Crippen molar-refractivity contribution >= 4 is 11.8 Å². The van der Waals surface area contributed by atoms with Crippen LogP contribution in [0.3, 0.4) is 0 Å². The predicted molar refractivity (Wildman–Crippen MR) is 75.9 cm³/mol. The predicted octanol–water partition coefficient (Wildman–Crippen LogP) is 0.733. The maximum absolute atomic E-state index is 11.8. The summed E-state index contributed by atoms with van der Waals surface area (Å²) in [7, 11) is 0. The molecular formula is C15H19N3O3. The van der Waals surface area contributed by atoms with Crippen LogP contribution in [0.4, 0.5) is 0 Å². The number of piperidine rings is 2. The van der Waals surface area contributed by atoms with Crippen LogP contribution in [-0.4, -0.2) is 36.0 Å². The molecule has 3 rings (SSSR count). The molecule has 0 spiro atoms. The maximum Gasteiger partial charge on any atom is 0.234 e. The van der Waals surface area contributed by atoms with Crippen molar-refractivity contribution < 1.29 is 14.3 Å². The van der Waals surface area contributed by atoms with Gasteiger partial charge in [-0.3, -0.25) is 14.9 Å². The molecule has 1 atom stereocenters. The number of hydrogen-bond donors (Lipinski definition) is 2. The molecule has 0 radical (unpaired) electrons. The van der Waals surface area contributed by atoms with Crippen LogP contribution < -0.4 is 15.4 Å². The number of amides is 2. The third-order valence-electron chi connectivity index (χ3n) is 3.97. The van der Waals surface area contributed by atoms with Gasteiger partial charge in [-0.25, -0.2) is 4.98 Å². The summed E-state index contributed by atoms with van der Waals surface area (Å²) in [5.74, 6) is -0.129. The van der Waals surface area contributed by atoms with Crippen LogP contribution in [0.25, 0.3) is 0 Å². The molecule has 6 heteroatoms. The molecule has 21 heavy (non-hydrogen) atoms. The highest BCUT2D eigenvalue weighted by Gasteiger charge is 2.28.